The first-order valence-electron chi connectivity index (χ1n) is 8.87. The van der Waals surface area contributed by atoms with Gasteiger partial charge in [-0.05, 0) is 39.2 Å². The summed E-state index contributed by atoms with van der Waals surface area (Å²) in [5, 5.41) is 2.75. The van der Waals surface area contributed by atoms with E-state index in [0.29, 0.717) is 25.9 Å². The lowest BCUT2D eigenvalue weighted by molar-refractivity contribution is -0.138. The Bertz CT molecular complexity index is 702. The fourth-order valence-electron chi connectivity index (χ4n) is 3.04. The molecule has 2 rings (SSSR count). The third-order valence-electron chi connectivity index (χ3n) is 4.59. The average molecular weight is 357 g/mol. The molecular weight excluding hydrogens is 330 g/mol. The molecule has 4 amide bonds. The second-order valence-corrected chi connectivity index (χ2v) is 7.00. The Morgan fingerprint density at radius 3 is 2.50 bits per heavy atom. The van der Waals surface area contributed by atoms with Gasteiger partial charge in [-0.1, -0.05) is 42.5 Å². The summed E-state index contributed by atoms with van der Waals surface area (Å²) in [6.45, 7) is 9.90. The lowest BCUT2D eigenvalue weighted by atomic mass is 9.93. The molecule has 1 atom stereocenters. The van der Waals surface area contributed by atoms with Gasteiger partial charge in [0.25, 0.3) is 5.91 Å². The summed E-state index contributed by atoms with van der Waals surface area (Å²) in [5.41, 5.74) is 0.965. The van der Waals surface area contributed by atoms with E-state index in [1.165, 1.54) is 0 Å². The minimum atomic E-state index is -0.987. The van der Waals surface area contributed by atoms with Crippen LogP contribution in [0, 0.1) is 0 Å². The second-order valence-electron chi connectivity index (χ2n) is 7.00. The largest absolute Gasteiger partial charge is 0.337 e. The minimum Gasteiger partial charge on any atom is -0.337 e. The molecule has 0 aliphatic carbocycles. The van der Waals surface area contributed by atoms with E-state index >= 15 is 0 Å². The predicted octanol–water partition coefficient (Wildman–Crippen LogP) is 2.35. The van der Waals surface area contributed by atoms with Gasteiger partial charge >= 0.3 is 6.03 Å². The van der Waals surface area contributed by atoms with E-state index in [0.717, 1.165) is 16.0 Å². The lowest BCUT2D eigenvalue weighted by Gasteiger charge is -2.24. The number of likely N-dealkylation sites (N-methyl/N-ethyl adjacent to an activating group) is 1. The Hall–Kier alpha value is -2.63. The Morgan fingerprint density at radius 1 is 1.27 bits per heavy atom. The molecule has 0 saturated carbocycles. The van der Waals surface area contributed by atoms with E-state index in [9.17, 15) is 14.4 Å². The van der Waals surface area contributed by atoms with Gasteiger partial charge in [-0.3, -0.25) is 14.5 Å². The maximum absolute atomic E-state index is 12.8. The molecule has 0 bridgehead atoms. The van der Waals surface area contributed by atoms with Crippen LogP contribution in [0.5, 0.6) is 0 Å². The molecule has 0 radical (unpaired) electrons. The van der Waals surface area contributed by atoms with Crippen LogP contribution in [0.2, 0.25) is 0 Å². The van der Waals surface area contributed by atoms with Crippen LogP contribution in [0.3, 0.4) is 0 Å². The number of amides is 4. The first-order chi connectivity index (χ1) is 12.3. The lowest BCUT2D eigenvalue weighted by Crippen LogP contribution is -2.46. The van der Waals surface area contributed by atoms with Gasteiger partial charge in [0.2, 0.25) is 5.91 Å². The summed E-state index contributed by atoms with van der Waals surface area (Å²) in [4.78, 5) is 40.1. The first kappa shape index (κ1) is 19.7. The highest BCUT2D eigenvalue weighted by Crippen LogP contribution is 2.23. The van der Waals surface area contributed by atoms with E-state index < -0.39 is 11.6 Å². The smallest absolute Gasteiger partial charge is 0.325 e. The number of hydrogen-bond donors (Lipinski definition) is 1. The topological polar surface area (TPSA) is 69.7 Å². The molecule has 1 saturated heterocycles. The van der Waals surface area contributed by atoms with Crippen molar-refractivity contribution in [2.75, 3.05) is 19.6 Å². The maximum Gasteiger partial charge on any atom is 0.325 e. The van der Waals surface area contributed by atoms with Crippen molar-refractivity contribution in [1.29, 1.82) is 0 Å². The molecule has 6 nitrogen and oxygen atoms in total. The SMILES string of the molecule is C=C(C)CN(CC)C(=O)CN1C(=O)N[C@@](C)(CCc2ccccc2)C1=O. The zero-order valence-corrected chi connectivity index (χ0v) is 15.7. The molecule has 1 N–H and O–H groups in total. The number of nitrogens with one attached hydrogen (secondary N) is 1. The number of urea groups is 1. The van der Waals surface area contributed by atoms with Crippen molar-refractivity contribution < 1.29 is 14.4 Å². The third kappa shape index (κ3) is 4.50. The van der Waals surface area contributed by atoms with Crippen molar-refractivity contribution in [3.63, 3.8) is 0 Å². The van der Waals surface area contributed by atoms with Crippen LogP contribution in [-0.4, -0.2) is 52.8 Å². The molecule has 1 aliphatic rings. The Balaban J connectivity index is 2.02. The number of aryl methyl sites for hydroxylation is 1. The van der Waals surface area contributed by atoms with Gasteiger partial charge in [0, 0.05) is 13.1 Å². The van der Waals surface area contributed by atoms with Crippen LogP contribution in [-0.2, 0) is 16.0 Å². The predicted molar refractivity (Wildman–Crippen MR) is 100 cm³/mol. The zero-order chi connectivity index (χ0) is 19.3. The number of benzene rings is 1. The Labute approximate surface area is 154 Å². The average Bonchev–Trinajstić information content (AvgIpc) is 2.82. The number of rotatable bonds is 8. The molecule has 6 heteroatoms. The van der Waals surface area contributed by atoms with Crippen molar-refractivity contribution >= 4 is 17.8 Å². The van der Waals surface area contributed by atoms with E-state index in [1.807, 2.05) is 44.2 Å². The van der Waals surface area contributed by atoms with Crippen molar-refractivity contribution in [3.8, 4) is 0 Å². The molecular formula is C20H27N3O3. The first-order valence-corrected chi connectivity index (χ1v) is 8.87. The number of hydrogen-bond acceptors (Lipinski definition) is 3. The highest BCUT2D eigenvalue weighted by molar-refractivity contribution is 6.08. The normalized spacial score (nSPS) is 19.4. The molecule has 1 aromatic rings. The standard InChI is InChI=1S/C20H27N3O3/c1-5-22(13-15(2)3)17(24)14-23-18(25)20(4,21-19(23)26)12-11-16-9-7-6-8-10-16/h6-10H,2,5,11-14H2,1,3-4H3,(H,21,26)/t20-/m0/s1. The van der Waals surface area contributed by atoms with Gasteiger partial charge in [-0.2, -0.15) is 0 Å². The van der Waals surface area contributed by atoms with Gasteiger partial charge < -0.3 is 10.2 Å². The number of carbonyl (C=O) groups is 3. The highest BCUT2D eigenvalue weighted by atomic mass is 16.2. The van der Waals surface area contributed by atoms with Crippen LogP contribution >= 0.6 is 0 Å². The number of nitrogens with zero attached hydrogens (tertiary/aromatic N) is 2. The molecule has 1 aromatic carbocycles. The van der Waals surface area contributed by atoms with Crippen LogP contribution in [0.25, 0.3) is 0 Å². The molecule has 26 heavy (non-hydrogen) atoms. The summed E-state index contributed by atoms with van der Waals surface area (Å²) < 4.78 is 0. The van der Waals surface area contributed by atoms with Gasteiger partial charge in [0.1, 0.15) is 12.1 Å². The molecule has 1 heterocycles. The summed E-state index contributed by atoms with van der Waals surface area (Å²) >= 11 is 0. The van der Waals surface area contributed by atoms with Crippen molar-refractivity contribution in [2.24, 2.45) is 0 Å². The summed E-state index contributed by atoms with van der Waals surface area (Å²) in [5.74, 6) is -0.607. The van der Waals surface area contributed by atoms with Crippen LogP contribution in [0.15, 0.2) is 42.5 Å². The van der Waals surface area contributed by atoms with Gasteiger partial charge in [-0.25, -0.2) is 4.79 Å². The monoisotopic (exact) mass is 357 g/mol. The highest BCUT2D eigenvalue weighted by Gasteiger charge is 2.48. The maximum atomic E-state index is 12.8. The van der Waals surface area contributed by atoms with E-state index in [1.54, 1.807) is 11.8 Å². The molecule has 0 unspecified atom stereocenters. The van der Waals surface area contributed by atoms with Gasteiger partial charge in [-0.15, -0.1) is 0 Å². The molecule has 1 fully saturated rings. The Kier molecular flexibility index (Phi) is 6.18. The number of imide groups is 1. The molecule has 0 aromatic heterocycles. The van der Waals surface area contributed by atoms with E-state index in [2.05, 4.69) is 11.9 Å². The zero-order valence-electron chi connectivity index (χ0n) is 15.7. The van der Waals surface area contributed by atoms with Gasteiger partial charge in [0.15, 0.2) is 0 Å². The Morgan fingerprint density at radius 2 is 1.92 bits per heavy atom. The van der Waals surface area contributed by atoms with Crippen LogP contribution < -0.4 is 5.32 Å². The molecule has 140 valence electrons. The fraction of sp³-hybridized carbons (Fsp3) is 0.450. The van der Waals surface area contributed by atoms with Crippen LogP contribution in [0.4, 0.5) is 4.79 Å². The third-order valence-corrected chi connectivity index (χ3v) is 4.59. The molecule has 0 spiro atoms. The van der Waals surface area contributed by atoms with E-state index in [4.69, 9.17) is 0 Å². The van der Waals surface area contributed by atoms with E-state index in [-0.39, 0.29) is 18.4 Å². The van der Waals surface area contributed by atoms with Crippen LogP contribution in [0.1, 0.15) is 32.8 Å². The number of carbonyl (C=O) groups excluding carboxylic acids is 3. The summed E-state index contributed by atoms with van der Waals surface area (Å²) in [6.07, 6.45) is 1.15. The van der Waals surface area contributed by atoms with Gasteiger partial charge in [0.05, 0.1) is 0 Å². The minimum absolute atomic E-state index is 0.243. The van der Waals surface area contributed by atoms with Crippen molar-refractivity contribution in [3.05, 3.63) is 48.0 Å². The quantitative estimate of drug-likeness (QED) is 0.573. The summed E-state index contributed by atoms with van der Waals surface area (Å²) in [6, 6.07) is 9.29. The second kappa shape index (κ2) is 8.17. The van der Waals surface area contributed by atoms with Crippen molar-refractivity contribution in [1.82, 2.24) is 15.1 Å². The fourth-order valence-corrected chi connectivity index (χ4v) is 3.04. The van der Waals surface area contributed by atoms with Crippen molar-refractivity contribution in [2.45, 2.75) is 39.2 Å². The molecule has 1 aliphatic heterocycles. The summed E-state index contributed by atoms with van der Waals surface area (Å²) in [7, 11) is 0.